The molecule has 1 saturated heterocycles. The van der Waals surface area contributed by atoms with Crippen molar-refractivity contribution in [2.24, 2.45) is 22.7 Å². The molecule has 4 aliphatic carbocycles. The molecular formula is C16H20O5S2. The van der Waals surface area contributed by atoms with Crippen molar-refractivity contribution in [3.05, 3.63) is 0 Å². The van der Waals surface area contributed by atoms with Gasteiger partial charge in [-0.2, -0.15) is 0 Å². The minimum Gasteiger partial charge on any atom is -0.469 e. The monoisotopic (exact) mass is 356 g/mol. The van der Waals surface area contributed by atoms with Gasteiger partial charge in [-0.1, -0.05) is 0 Å². The van der Waals surface area contributed by atoms with Gasteiger partial charge in [0, 0.05) is 17.4 Å². The number of ketones is 1. The van der Waals surface area contributed by atoms with Gasteiger partial charge in [0.15, 0.2) is 5.78 Å². The third-order valence-corrected chi connectivity index (χ3v) is 10.4. The maximum atomic E-state index is 12.9. The SMILES string of the molecule is COC(=O)[C@]12C[C@H]3C[C@H](C[C@@](C(=O)OC)(C1)C31SCCS1)C2=O. The molecule has 126 valence electrons. The van der Waals surface area contributed by atoms with Gasteiger partial charge in [-0.3, -0.25) is 14.4 Å². The van der Waals surface area contributed by atoms with E-state index in [0.29, 0.717) is 12.8 Å². The lowest BCUT2D eigenvalue weighted by Crippen LogP contribution is -2.71. The van der Waals surface area contributed by atoms with Crippen LogP contribution in [0.2, 0.25) is 0 Å². The summed E-state index contributed by atoms with van der Waals surface area (Å²) in [6.07, 6.45) is 2.09. The standard InChI is InChI=1S/C16H20O5S2/c1-20-12(18)14-7-10-5-9(11(14)17)6-15(8-14,13(19)21-2)16(10)22-3-4-23-16/h9-10H,3-8H2,1-2H3/t9-,10-,14-,15+/m1/s1. The molecule has 0 aromatic heterocycles. The number of esters is 2. The molecule has 5 aliphatic rings. The first kappa shape index (κ1) is 15.8. The Kier molecular flexibility index (Phi) is 3.38. The maximum Gasteiger partial charge on any atom is 0.319 e. The Bertz CT molecular complexity index is 599. The lowest BCUT2D eigenvalue weighted by molar-refractivity contribution is -0.192. The fourth-order valence-corrected chi connectivity index (χ4v) is 9.59. The molecule has 4 saturated carbocycles. The number of Topliss-reactive ketones (excluding diaryl/α,β-unsaturated/α-hetero) is 1. The van der Waals surface area contributed by atoms with E-state index in [1.807, 2.05) is 23.5 Å². The molecule has 23 heavy (non-hydrogen) atoms. The van der Waals surface area contributed by atoms with Crippen molar-refractivity contribution in [3.63, 3.8) is 0 Å². The van der Waals surface area contributed by atoms with Crippen LogP contribution in [-0.2, 0) is 23.9 Å². The molecule has 0 unspecified atom stereocenters. The van der Waals surface area contributed by atoms with Gasteiger partial charge in [-0.05, 0) is 31.6 Å². The molecule has 0 aromatic rings. The molecule has 1 heterocycles. The van der Waals surface area contributed by atoms with Crippen LogP contribution in [0.4, 0.5) is 0 Å². The lowest BCUT2D eigenvalue weighted by atomic mass is 9.43. The third-order valence-electron chi connectivity index (χ3n) is 6.28. The molecule has 4 bridgehead atoms. The van der Waals surface area contributed by atoms with Gasteiger partial charge < -0.3 is 9.47 Å². The van der Waals surface area contributed by atoms with Crippen LogP contribution in [0.3, 0.4) is 0 Å². The summed E-state index contributed by atoms with van der Waals surface area (Å²) >= 11 is 3.68. The lowest BCUT2D eigenvalue weighted by Gasteiger charge is -2.65. The molecule has 7 heteroatoms. The number of hydrogen-bond acceptors (Lipinski definition) is 7. The predicted octanol–water partition coefficient (Wildman–Crippen LogP) is 1.88. The molecule has 5 fully saturated rings. The zero-order chi connectivity index (χ0) is 16.5. The number of hydrogen-bond donors (Lipinski definition) is 0. The molecule has 4 atom stereocenters. The zero-order valence-corrected chi connectivity index (χ0v) is 14.9. The third kappa shape index (κ3) is 1.65. The van der Waals surface area contributed by atoms with E-state index in [0.717, 1.165) is 17.9 Å². The Morgan fingerprint density at radius 2 is 1.74 bits per heavy atom. The summed E-state index contributed by atoms with van der Waals surface area (Å²) in [4.78, 5) is 38.3. The molecule has 5 rings (SSSR count). The van der Waals surface area contributed by atoms with Crippen molar-refractivity contribution >= 4 is 41.2 Å². The Hall–Kier alpha value is -0.690. The zero-order valence-electron chi connectivity index (χ0n) is 13.3. The van der Waals surface area contributed by atoms with E-state index in [2.05, 4.69) is 0 Å². The highest BCUT2D eigenvalue weighted by Crippen LogP contribution is 2.76. The second-order valence-electron chi connectivity index (χ2n) is 7.09. The fraction of sp³-hybridized carbons (Fsp3) is 0.812. The van der Waals surface area contributed by atoms with E-state index in [1.54, 1.807) is 0 Å². The van der Waals surface area contributed by atoms with Crippen molar-refractivity contribution in [2.45, 2.75) is 29.8 Å². The number of rotatable bonds is 2. The van der Waals surface area contributed by atoms with Crippen LogP contribution >= 0.6 is 23.5 Å². The maximum absolute atomic E-state index is 12.9. The number of methoxy groups -OCH3 is 2. The topological polar surface area (TPSA) is 69.7 Å². The van der Waals surface area contributed by atoms with Gasteiger partial charge in [0.1, 0.15) is 5.41 Å². The highest BCUT2D eigenvalue weighted by molar-refractivity contribution is 8.21. The average Bonchev–Trinajstić information content (AvgIpc) is 3.03. The Balaban J connectivity index is 1.89. The summed E-state index contributed by atoms with van der Waals surface area (Å²) in [5, 5.41) is 0. The summed E-state index contributed by atoms with van der Waals surface area (Å²) in [6, 6.07) is 0. The molecular weight excluding hydrogens is 336 g/mol. The molecule has 0 aromatic carbocycles. The first-order chi connectivity index (χ1) is 11.0. The van der Waals surface area contributed by atoms with Gasteiger partial charge in [0.2, 0.25) is 0 Å². The summed E-state index contributed by atoms with van der Waals surface area (Å²) in [7, 11) is 2.74. The Labute approximate surface area is 143 Å². The van der Waals surface area contributed by atoms with Crippen molar-refractivity contribution < 1.29 is 23.9 Å². The minimum absolute atomic E-state index is 0.0111. The summed E-state index contributed by atoms with van der Waals surface area (Å²) in [6.45, 7) is 0. The van der Waals surface area contributed by atoms with Crippen LogP contribution in [0.15, 0.2) is 0 Å². The van der Waals surface area contributed by atoms with Crippen molar-refractivity contribution in [1.29, 1.82) is 0 Å². The summed E-state index contributed by atoms with van der Waals surface area (Å²) < 4.78 is 9.93. The van der Waals surface area contributed by atoms with E-state index in [4.69, 9.17) is 9.47 Å². The predicted molar refractivity (Wildman–Crippen MR) is 87.0 cm³/mol. The summed E-state index contributed by atoms with van der Waals surface area (Å²) in [5.74, 6) is 1.25. The van der Waals surface area contributed by atoms with E-state index in [1.165, 1.54) is 14.2 Å². The number of carbonyl (C=O) groups excluding carboxylic acids is 3. The van der Waals surface area contributed by atoms with Gasteiger partial charge in [0.05, 0.1) is 23.7 Å². The smallest absolute Gasteiger partial charge is 0.319 e. The normalized spacial score (nSPS) is 43.0. The highest BCUT2D eigenvalue weighted by Gasteiger charge is 2.78. The van der Waals surface area contributed by atoms with Crippen LogP contribution in [0, 0.1) is 22.7 Å². The van der Waals surface area contributed by atoms with Crippen LogP contribution in [-0.4, -0.2) is 47.5 Å². The largest absolute Gasteiger partial charge is 0.469 e. The second-order valence-corrected chi connectivity index (χ2v) is 10.0. The molecule has 0 radical (unpaired) electrons. The average molecular weight is 356 g/mol. The van der Waals surface area contributed by atoms with Crippen LogP contribution in [0.25, 0.3) is 0 Å². The highest BCUT2D eigenvalue weighted by atomic mass is 32.2. The second kappa shape index (κ2) is 4.91. The van der Waals surface area contributed by atoms with E-state index in [-0.39, 0.29) is 34.1 Å². The van der Waals surface area contributed by atoms with Crippen LogP contribution in [0.5, 0.6) is 0 Å². The first-order valence-corrected chi connectivity index (χ1v) is 9.92. The molecule has 1 spiro atoms. The Morgan fingerprint density at radius 1 is 1.09 bits per heavy atom. The first-order valence-electron chi connectivity index (χ1n) is 7.95. The number of ether oxygens (including phenoxy) is 2. The van der Waals surface area contributed by atoms with Crippen molar-refractivity contribution in [1.82, 2.24) is 0 Å². The van der Waals surface area contributed by atoms with Gasteiger partial charge in [0.25, 0.3) is 0 Å². The van der Waals surface area contributed by atoms with Crippen molar-refractivity contribution in [3.8, 4) is 0 Å². The molecule has 0 amide bonds. The molecule has 0 N–H and O–H groups in total. The number of carbonyl (C=O) groups is 3. The van der Waals surface area contributed by atoms with Crippen molar-refractivity contribution in [2.75, 3.05) is 25.7 Å². The van der Waals surface area contributed by atoms with E-state index in [9.17, 15) is 14.4 Å². The van der Waals surface area contributed by atoms with Crippen LogP contribution < -0.4 is 0 Å². The number of thioether (sulfide) groups is 2. The van der Waals surface area contributed by atoms with E-state index < -0.39 is 16.8 Å². The van der Waals surface area contributed by atoms with Crippen LogP contribution in [0.1, 0.15) is 25.7 Å². The molecule has 5 nitrogen and oxygen atoms in total. The van der Waals surface area contributed by atoms with Gasteiger partial charge in [-0.25, -0.2) is 0 Å². The summed E-state index contributed by atoms with van der Waals surface area (Å²) in [5.41, 5.74) is -1.88. The molecule has 1 aliphatic heterocycles. The van der Waals surface area contributed by atoms with Gasteiger partial charge >= 0.3 is 11.9 Å². The van der Waals surface area contributed by atoms with E-state index >= 15 is 0 Å². The quantitative estimate of drug-likeness (QED) is 0.553. The fourth-order valence-electron chi connectivity index (χ4n) is 5.62. The Morgan fingerprint density at radius 3 is 2.35 bits per heavy atom. The van der Waals surface area contributed by atoms with Gasteiger partial charge in [-0.15, -0.1) is 23.5 Å². The minimum atomic E-state index is -1.14.